The molecule has 0 aliphatic carbocycles. The van der Waals surface area contributed by atoms with E-state index in [1.807, 2.05) is 0 Å². The second-order valence-electron chi connectivity index (χ2n) is 5.01. The normalized spacial score (nSPS) is 18.1. The molecule has 2 aromatic carbocycles. The summed E-state index contributed by atoms with van der Waals surface area (Å²) in [6.07, 6.45) is 0.355. The van der Waals surface area contributed by atoms with Gasteiger partial charge in [0.15, 0.2) is 0 Å². The third kappa shape index (κ3) is 2.15. The third-order valence-electron chi connectivity index (χ3n) is 3.63. The first-order chi connectivity index (χ1) is 9.63. The van der Waals surface area contributed by atoms with Gasteiger partial charge in [-0.3, -0.25) is 0 Å². The second kappa shape index (κ2) is 4.83. The fourth-order valence-corrected chi connectivity index (χ4v) is 4.49. The van der Waals surface area contributed by atoms with E-state index in [0.717, 1.165) is 26.6 Å². The number of epoxide rings is 1. The average molecular weight is 460 g/mol. The highest BCUT2D eigenvalue weighted by molar-refractivity contribution is 9.11. The van der Waals surface area contributed by atoms with E-state index in [0.29, 0.717) is 6.10 Å². The second-order valence-corrected chi connectivity index (χ2v) is 7.70. The average Bonchev–Trinajstić information content (AvgIpc) is 3.15. The number of halogens is 3. The maximum atomic E-state index is 5.41. The first-order valence-electron chi connectivity index (χ1n) is 6.31. The van der Waals surface area contributed by atoms with Crippen LogP contribution >= 0.6 is 47.8 Å². The number of hydrogen-bond donors (Lipinski definition) is 0. The monoisotopic (exact) mass is 457 g/mol. The third-order valence-corrected chi connectivity index (χ3v) is 5.18. The Morgan fingerprint density at radius 2 is 1.80 bits per heavy atom. The van der Waals surface area contributed by atoms with E-state index in [1.165, 1.54) is 21.8 Å². The van der Waals surface area contributed by atoms with Gasteiger partial charge in [-0.2, -0.15) is 0 Å². The van der Waals surface area contributed by atoms with Gasteiger partial charge >= 0.3 is 0 Å². The van der Waals surface area contributed by atoms with E-state index in [1.54, 1.807) is 0 Å². The van der Waals surface area contributed by atoms with Crippen molar-refractivity contribution in [1.82, 2.24) is 4.57 Å². The summed E-state index contributed by atoms with van der Waals surface area (Å²) in [5.74, 6) is 0. The highest BCUT2D eigenvalue weighted by Crippen LogP contribution is 2.38. The molecule has 2 nitrogen and oxygen atoms in total. The maximum Gasteiger partial charge on any atom is 0.0988 e. The van der Waals surface area contributed by atoms with E-state index in [2.05, 4.69) is 82.7 Å². The topological polar surface area (TPSA) is 17.5 Å². The molecule has 1 aliphatic rings. The van der Waals surface area contributed by atoms with Gasteiger partial charge in [-0.1, -0.05) is 31.9 Å². The minimum Gasteiger partial charge on any atom is -0.371 e. The largest absolute Gasteiger partial charge is 0.371 e. The predicted molar refractivity (Wildman–Crippen MR) is 92.3 cm³/mol. The molecular formula is C15H10Br3NO. The van der Waals surface area contributed by atoms with Crippen molar-refractivity contribution in [3.8, 4) is 0 Å². The molecule has 0 N–H and O–H groups in total. The number of ether oxygens (including phenoxy) is 1. The van der Waals surface area contributed by atoms with Crippen LogP contribution in [0.1, 0.15) is 0 Å². The maximum absolute atomic E-state index is 5.41. The molecule has 2 heterocycles. The molecule has 1 aromatic heterocycles. The summed E-state index contributed by atoms with van der Waals surface area (Å²) >= 11 is 10.9. The molecule has 0 radical (unpaired) electrons. The molecule has 0 unspecified atom stereocenters. The SMILES string of the molecule is Brc1ccc2c(c1)c1cc(Br)cc(Br)c1n2C[C@@H]1CO1. The van der Waals surface area contributed by atoms with E-state index in [4.69, 9.17) is 4.74 Å². The quantitative estimate of drug-likeness (QED) is 0.464. The first-order valence-corrected chi connectivity index (χ1v) is 8.69. The molecule has 4 rings (SSSR count). The van der Waals surface area contributed by atoms with Crippen molar-refractivity contribution in [1.29, 1.82) is 0 Å². The number of aromatic nitrogens is 1. The summed E-state index contributed by atoms with van der Waals surface area (Å²) in [7, 11) is 0. The lowest BCUT2D eigenvalue weighted by Gasteiger charge is -2.06. The van der Waals surface area contributed by atoms with Gasteiger partial charge in [-0.25, -0.2) is 0 Å². The molecule has 0 bridgehead atoms. The van der Waals surface area contributed by atoms with Crippen molar-refractivity contribution in [3.05, 3.63) is 43.7 Å². The van der Waals surface area contributed by atoms with E-state index in [9.17, 15) is 0 Å². The van der Waals surface area contributed by atoms with Crippen LogP contribution in [0.15, 0.2) is 43.7 Å². The molecular weight excluding hydrogens is 450 g/mol. The van der Waals surface area contributed by atoms with Crippen molar-refractivity contribution in [2.24, 2.45) is 0 Å². The van der Waals surface area contributed by atoms with Gasteiger partial charge in [-0.05, 0) is 46.3 Å². The van der Waals surface area contributed by atoms with Crippen molar-refractivity contribution >= 4 is 69.6 Å². The summed E-state index contributed by atoms with van der Waals surface area (Å²) < 4.78 is 11.1. The van der Waals surface area contributed by atoms with Crippen molar-refractivity contribution in [3.63, 3.8) is 0 Å². The highest BCUT2D eigenvalue weighted by atomic mass is 79.9. The van der Waals surface area contributed by atoms with Crippen molar-refractivity contribution in [2.75, 3.05) is 6.61 Å². The minimum absolute atomic E-state index is 0.355. The number of nitrogens with zero attached hydrogens (tertiary/aromatic N) is 1. The van der Waals surface area contributed by atoms with Gasteiger partial charge in [0.05, 0.1) is 24.8 Å². The van der Waals surface area contributed by atoms with E-state index < -0.39 is 0 Å². The number of fused-ring (bicyclic) bond motifs is 3. The Balaban J connectivity index is 2.14. The number of rotatable bonds is 2. The summed E-state index contributed by atoms with van der Waals surface area (Å²) in [4.78, 5) is 0. The van der Waals surface area contributed by atoms with Gasteiger partial charge in [0, 0.05) is 29.7 Å². The zero-order chi connectivity index (χ0) is 13.9. The molecule has 5 heteroatoms. The molecule has 102 valence electrons. The summed E-state index contributed by atoms with van der Waals surface area (Å²) in [6.45, 7) is 1.77. The van der Waals surface area contributed by atoms with Crippen LogP contribution in [0.3, 0.4) is 0 Å². The molecule has 1 fully saturated rings. The van der Waals surface area contributed by atoms with Crippen LogP contribution < -0.4 is 0 Å². The van der Waals surface area contributed by atoms with E-state index in [-0.39, 0.29) is 0 Å². The smallest absolute Gasteiger partial charge is 0.0988 e. The molecule has 20 heavy (non-hydrogen) atoms. The lowest BCUT2D eigenvalue weighted by molar-refractivity contribution is 0.387. The fraction of sp³-hybridized carbons (Fsp3) is 0.200. The molecule has 3 aromatic rings. The summed E-state index contributed by atoms with van der Waals surface area (Å²) in [5, 5.41) is 2.51. The number of hydrogen-bond acceptors (Lipinski definition) is 1. The predicted octanol–water partition coefficient (Wildman–Crippen LogP) is 5.48. The van der Waals surface area contributed by atoms with Gasteiger partial charge in [0.1, 0.15) is 0 Å². The fourth-order valence-electron chi connectivity index (χ4n) is 2.69. The molecule has 1 atom stereocenters. The molecule has 0 saturated carbocycles. The van der Waals surface area contributed by atoms with Crippen LogP contribution in [-0.2, 0) is 11.3 Å². The van der Waals surface area contributed by atoms with Crippen LogP contribution in [0.2, 0.25) is 0 Å². The minimum atomic E-state index is 0.355. The van der Waals surface area contributed by atoms with Crippen LogP contribution in [0, 0.1) is 0 Å². The molecule has 1 aliphatic heterocycles. The Morgan fingerprint density at radius 3 is 2.55 bits per heavy atom. The van der Waals surface area contributed by atoms with Crippen LogP contribution in [0.25, 0.3) is 21.8 Å². The zero-order valence-corrected chi connectivity index (χ0v) is 15.1. The Kier molecular flexibility index (Phi) is 3.22. The van der Waals surface area contributed by atoms with E-state index >= 15 is 0 Å². The van der Waals surface area contributed by atoms with Gasteiger partial charge in [-0.15, -0.1) is 0 Å². The number of benzene rings is 2. The van der Waals surface area contributed by atoms with Gasteiger partial charge in [0.25, 0.3) is 0 Å². The highest BCUT2D eigenvalue weighted by Gasteiger charge is 2.25. The molecule has 0 amide bonds. The summed E-state index contributed by atoms with van der Waals surface area (Å²) in [6, 6.07) is 10.7. The van der Waals surface area contributed by atoms with Crippen LogP contribution in [-0.4, -0.2) is 17.3 Å². The van der Waals surface area contributed by atoms with Crippen LogP contribution in [0.4, 0.5) is 0 Å². The van der Waals surface area contributed by atoms with Crippen molar-refractivity contribution in [2.45, 2.75) is 12.6 Å². The Hall–Kier alpha value is -0.360. The van der Waals surface area contributed by atoms with Crippen LogP contribution in [0.5, 0.6) is 0 Å². The zero-order valence-electron chi connectivity index (χ0n) is 10.4. The lowest BCUT2D eigenvalue weighted by atomic mass is 10.2. The first kappa shape index (κ1) is 13.3. The summed E-state index contributed by atoms with van der Waals surface area (Å²) in [5.41, 5.74) is 2.48. The van der Waals surface area contributed by atoms with Gasteiger partial charge < -0.3 is 9.30 Å². The Morgan fingerprint density at radius 1 is 1.05 bits per heavy atom. The van der Waals surface area contributed by atoms with Crippen molar-refractivity contribution < 1.29 is 4.74 Å². The molecule has 1 saturated heterocycles. The Bertz CT molecular complexity index is 836. The standard InChI is InChI=1S/C15H10Br3NO/c16-8-1-2-14-11(3-8)12-4-9(17)5-13(18)15(12)19(14)6-10-7-20-10/h1-5,10H,6-7H2/t10-/m1/s1. The lowest BCUT2D eigenvalue weighted by Crippen LogP contribution is -2.03. The Labute approximate surface area is 141 Å². The molecule has 0 spiro atoms. The van der Waals surface area contributed by atoms with Gasteiger partial charge in [0.2, 0.25) is 0 Å².